The predicted octanol–water partition coefficient (Wildman–Crippen LogP) is 2.43. The van der Waals surface area contributed by atoms with Gasteiger partial charge in [-0.3, -0.25) is 0 Å². The number of carboxylic acid groups (broad SMARTS) is 1. The lowest BCUT2D eigenvalue weighted by molar-refractivity contribution is 0.0696. The Morgan fingerprint density at radius 2 is 1.95 bits per heavy atom. The van der Waals surface area contributed by atoms with Crippen LogP contribution in [-0.4, -0.2) is 54.2 Å². The van der Waals surface area contributed by atoms with Gasteiger partial charge in [-0.05, 0) is 45.0 Å². The van der Waals surface area contributed by atoms with Crippen LogP contribution in [0.2, 0.25) is 0 Å². The standard InChI is InChI=1S/C16H25N3O2/c1-11(2)14-9-12(16(20)21)10-15(17-14)19-7-5-13(6-8-19)18(3)4/h9-11,13H,5-8H2,1-4H3,(H,20,21). The van der Waals surface area contributed by atoms with E-state index in [1.54, 1.807) is 12.1 Å². The summed E-state index contributed by atoms with van der Waals surface area (Å²) in [5, 5.41) is 9.28. The molecular weight excluding hydrogens is 266 g/mol. The zero-order valence-corrected chi connectivity index (χ0v) is 13.3. The van der Waals surface area contributed by atoms with E-state index in [2.05, 4.69) is 28.9 Å². The lowest BCUT2D eigenvalue weighted by Gasteiger charge is -2.36. The molecule has 2 heterocycles. The van der Waals surface area contributed by atoms with E-state index in [-0.39, 0.29) is 5.92 Å². The number of hydrogen-bond donors (Lipinski definition) is 1. The van der Waals surface area contributed by atoms with Crippen molar-refractivity contribution in [2.75, 3.05) is 32.1 Å². The molecule has 0 radical (unpaired) electrons. The van der Waals surface area contributed by atoms with Crippen molar-refractivity contribution in [1.82, 2.24) is 9.88 Å². The third-order valence-corrected chi connectivity index (χ3v) is 4.19. The number of nitrogens with zero attached hydrogens (tertiary/aromatic N) is 3. The van der Waals surface area contributed by atoms with Gasteiger partial charge in [0.1, 0.15) is 5.82 Å². The summed E-state index contributed by atoms with van der Waals surface area (Å²) in [6, 6.07) is 3.99. The second kappa shape index (κ2) is 6.43. The van der Waals surface area contributed by atoms with Gasteiger partial charge in [-0.15, -0.1) is 0 Å². The molecule has 5 heteroatoms. The van der Waals surface area contributed by atoms with Crippen LogP contribution >= 0.6 is 0 Å². The van der Waals surface area contributed by atoms with Crippen LogP contribution < -0.4 is 4.90 Å². The number of hydrogen-bond acceptors (Lipinski definition) is 4. The molecule has 0 aromatic carbocycles. The molecule has 2 rings (SSSR count). The first-order chi connectivity index (χ1) is 9.88. The monoisotopic (exact) mass is 291 g/mol. The summed E-state index contributed by atoms with van der Waals surface area (Å²) in [6.07, 6.45) is 2.17. The first kappa shape index (κ1) is 15.8. The molecule has 0 bridgehead atoms. The largest absolute Gasteiger partial charge is 0.478 e. The Morgan fingerprint density at radius 1 is 1.33 bits per heavy atom. The van der Waals surface area contributed by atoms with E-state index in [0.29, 0.717) is 11.6 Å². The van der Waals surface area contributed by atoms with E-state index in [9.17, 15) is 9.90 Å². The first-order valence-corrected chi connectivity index (χ1v) is 7.55. The third kappa shape index (κ3) is 3.73. The van der Waals surface area contributed by atoms with Gasteiger partial charge in [-0.1, -0.05) is 13.8 Å². The van der Waals surface area contributed by atoms with Crippen molar-refractivity contribution < 1.29 is 9.90 Å². The highest BCUT2D eigenvalue weighted by atomic mass is 16.4. The van der Waals surface area contributed by atoms with Crippen molar-refractivity contribution in [3.05, 3.63) is 23.4 Å². The second-order valence-corrected chi connectivity index (χ2v) is 6.28. The van der Waals surface area contributed by atoms with Crippen LogP contribution in [-0.2, 0) is 0 Å². The van der Waals surface area contributed by atoms with Gasteiger partial charge in [0.2, 0.25) is 0 Å². The van der Waals surface area contributed by atoms with E-state index in [0.717, 1.165) is 37.4 Å². The Labute approximate surface area is 126 Å². The smallest absolute Gasteiger partial charge is 0.335 e. The highest BCUT2D eigenvalue weighted by Gasteiger charge is 2.22. The van der Waals surface area contributed by atoms with Crippen molar-refractivity contribution in [2.45, 2.75) is 38.6 Å². The zero-order valence-electron chi connectivity index (χ0n) is 13.3. The van der Waals surface area contributed by atoms with Crippen molar-refractivity contribution in [3.8, 4) is 0 Å². The fourth-order valence-corrected chi connectivity index (χ4v) is 2.73. The van der Waals surface area contributed by atoms with Gasteiger partial charge in [0, 0.05) is 24.8 Å². The molecule has 0 unspecified atom stereocenters. The number of rotatable bonds is 4. The quantitative estimate of drug-likeness (QED) is 0.923. The van der Waals surface area contributed by atoms with Gasteiger partial charge >= 0.3 is 5.97 Å². The van der Waals surface area contributed by atoms with Crippen molar-refractivity contribution >= 4 is 11.8 Å². The topological polar surface area (TPSA) is 56.7 Å². The predicted molar refractivity (Wildman–Crippen MR) is 84.2 cm³/mol. The Hall–Kier alpha value is -1.62. The fourth-order valence-electron chi connectivity index (χ4n) is 2.73. The minimum absolute atomic E-state index is 0.224. The number of aromatic carboxylic acids is 1. The molecule has 0 saturated carbocycles. The summed E-state index contributed by atoms with van der Waals surface area (Å²) in [5.74, 6) is 0.141. The van der Waals surface area contributed by atoms with Crippen LogP contribution in [0.5, 0.6) is 0 Å². The molecule has 1 aromatic rings. The normalized spacial score (nSPS) is 16.8. The van der Waals surface area contributed by atoms with Gasteiger partial charge in [0.25, 0.3) is 0 Å². The van der Waals surface area contributed by atoms with E-state index in [4.69, 9.17) is 0 Å². The zero-order chi connectivity index (χ0) is 15.6. The number of carbonyl (C=O) groups is 1. The fraction of sp³-hybridized carbons (Fsp3) is 0.625. The van der Waals surface area contributed by atoms with Crippen molar-refractivity contribution in [3.63, 3.8) is 0 Å². The number of piperidine rings is 1. The molecule has 21 heavy (non-hydrogen) atoms. The molecule has 1 aromatic heterocycles. The van der Waals surface area contributed by atoms with E-state index in [1.165, 1.54) is 0 Å². The lowest BCUT2D eigenvalue weighted by atomic mass is 10.0. The molecule has 1 aliphatic heterocycles. The minimum Gasteiger partial charge on any atom is -0.478 e. The maximum absolute atomic E-state index is 11.3. The van der Waals surface area contributed by atoms with Gasteiger partial charge in [-0.2, -0.15) is 0 Å². The van der Waals surface area contributed by atoms with Crippen molar-refractivity contribution in [1.29, 1.82) is 0 Å². The average Bonchev–Trinajstić information content (AvgIpc) is 2.46. The highest BCUT2D eigenvalue weighted by molar-refractivity contribution is 5.88. The Bertz CT molecular complexity index is 506. The molecule has 5 nitrogen and oxygen atoms in total. The summed E-state index contributed by atoms with van der Waals surface area (Å²) >= 11 is 0. The summed E-state index contributed by atoms with van der Waals surface area (Å²) in [6.45, 7) is 5.93. The Kier molecular flexibility index (Phi) is 4.83. The first-order valence-electron chi connectivity index (χ1n) is 7.55. The van der Waals surface area contributed by atoms with Crippen LogP contribution in [0.3, 0.4) is 0 Å². The maximum Gasteiger partial charge on any atom is 0.335 e. The molecule has 116 valence electrons. The number of aromatic nitrogens is 1. The van der Waals surface area contributed by atoms with E-state index < -0.39 is 5.97 Å². The third-order valence-electron chi connectivity index (χ3n) is 4.19. The van der Waals surface area contributed by atoms with E-state index >= 15 is 0 Å². The number of carboxylic acids is 1. The molecule has 1 fully saturated rings. The van der Waals surface area contributed by atoms with Crippen molar-refractivity contribution in [2.24, 2.45) is 0 Å². The van der Waals surface area contributed by atoms with Gasteiger partial charge in [0.05, 0.1) is 5.56 Å². The molecule has 0 atom stereocenters. The molecule has 1 saturated heterocycles. The highest BCUT2D eigenvalue weighted by Crippen LogP contribution is 2.24. The average molecular weight is 291 g/mol. The second-order valence-electron chi connectivity index (χ2n) is 6.28. The summed E-state index contributed by atoms with van der Waals surface area (Å²) in [4.78, 5) is 20.4. The van der Waals surface area contributed by atoms with Crippen LogP contribution in [0.1, 0.15) is 48.7 Å². The SMILES string of the molecule is CC(C)c1cc(C(=O)O)cc(N2CCC(N(C)C)CC2)n1. The summed E-state index contributed by atoms with van der Waals surface area (Å²) in [7, 11) is 4.22. The molecular formula is C16H25N3O2. The maximum atomic E-state index is 11.3. The number of anilines is 1. The van der Waals surface area contributed by atoms with Gasteiger partial charge < -0.3 is 14.9 Å². The van der Waals surface area contributed by atoms with E-state index in [1.807, 2.05) is 13.8 Å². The molecule has 0 amide bonds. The molecule has 0 aliphatic carbocycles. The van der Waals surface area contributed by atoms with Gasteiger partial charge in [-0.25, -0.2) is 9.78 Å². The Balaban J connectivity index is 2.21. The molecule has 1 aliphatic rings. The summed E-state index contributed by atoms with van der Waals surface area (Å²) < 4.78 is 0. The van der Waals surface area contributed by atoms with Crippen LogP contribution in [0.25, 0.3) is 0 Å². The Morgan fingerprint density at radius 3 is 2.43 bits per heavy atom. The van der Waals surface area contributed by atoms with Gasteiger partial charge in [0.15, 0.2) is 0 Å². The number of pyridine rings is 1. The molecule has 0 spiro atoms. The lowest BCUT2D eigenvalue weighted by Crippen LogP contribution is -2.42. The van der Waals surface area contributed by atoms with Crippen LogP contribution in [0.4, 0.5) is 5.82 Å². The molecule has 1 N–H and O–H groups in total. The minimum atomic E-state index is -0.885. The summed E-state index contributed by atoms with van der Waals surface area (Å²) in [5.41, 5.74) is 1.18. The van der Waals surface area contributed by atoms with Crippen LogP contribution in [0, 0.1) is 0 Å². The van der Waals surface area contributed by atoms with Crippen LogP contribution in [0.15, 0.2) is 12.1 Å².